The average Bonchev–Trinajstić information content (AvgIpc) is 3.10. The predicted octanol–water partition coefficient (Wildman–Crippen LogP) is 1.64. The van der Waals surface area contributed by atoms with Gasteiger partial charge in [-0.2, -0.15) is 5.10 Å². The van der Waals surface area contributed by atoms with E-state index in [0.29, 0.717) is 11.3 Å². The third kappa shape index (κ3) is 2.62. The highest BCUT2D eigenvalue weighted by atomic mass is 16.2. The monoisotopic (exact) mass is 284 g/mol. The summed E-state index contributed by atoms with van der Waals surface area (Å²) in [4.78, 5) is 23.9. The van der Waals surface area contributed by atoms with Crippen LogP contribution in [0.4, 0.5) is 0 Å². The van der Waals surface area contributed by atoms with Crippen molar-refractivity contribution in [3.05, 3.63) is 47.9 Å². The van der Waals surface area contributed by atoms with Crippen LogP contribution in [0.25, 0.3) is 5.65 Å². The second-order valence-corrected chi connectivity index (χ2v) is 4.84. The van der Waals surface area contributed by atoms with E-state index in [0.717, 1.165) is 17.9 Å². The molecule has 0 bridgehead atoms. The topological polar surface area (TPSA) is 88.0 Å². The van der Waals surface area contributed by atoms with Crippen molar-refractivity contribution < 1.29 is 4.79 Å². The van der Waals surface area contributed by atoms with Gasteiger partial charge in [0, 0.05) is 30.4 Å². The van der Waals surface area contributed by atoms with Gasteiger partial charge >= 0.3 is 0 Å². The lowest BCUT2D eigenvalue weighted by atomic mass is 10.2. The number of nitrogens with one attached hydrogen (secondary N) is 2. The highest BCUT2D eigenvalue weighted by Crippen LogP contribution is 2.14. The third-order valence-electron chi connectivity index (χ3n) is 3.23. The zero-order valence-corrected chi connectivity index (χ0v) is 11.9. The molecule has 0 saturated carbocycles. The zero-order chi connectivity index (χ0) is 14.8. The Kier molecular flexibility index (Phi) is 3.39. The molecule has 1 atom stereocenters. The van der Waals surface area contributed by atoms with Crippen LogP contribution in [0.2, 0.25) is 0 Å². The summed E-state index contributed by atoms with van der Waals surface area (Å²) >= 11 is 0. The number of nitrogens with zero attached hydrogens (tertiary/aromatic N) is 4. The minimum atomic E-state index is -0.235. The Hall–Kier alpha value is -2.70. The SMILES string of the molecule is CC[C@H](NC(=O)c1cc2ncccn2n1)c1ncc(C)[nH]1. The van der Waals surface area contributed by atoms with Gasteiger partial charge < -0.3 is 10.3 Å². The minimum absolute atomic E-state index is 0.163. The molecule has 0 spiro atoms. The zero-order valence-electron chi connectivity index (χ0n) is 11.9. The molecule has 7 heteroatoms. The number of carbonyl (C=O) groups is 1. The van der Waals surface area contributed by atoms with Crippen LogP contribution in [-0.2, 0) is 0 Å². The number of hydrogen-bond donors (Lipinski definition) is 2. The predicted molar refractivity (Wildman–Crippen MR) is 76.8 cm³/mol. The number of aromatic nitrogens is 5. The van der Waals surface area contributed by atoms with E-state index in [1.807, 2.05) is 13.8 Å². The van der Waals surface area contributed by atoms with Crippen LogP contribution in [0.1, 0.15) is 41.4 Å². The molecule has 21 heavy (non-hydrogen) atoms. The maximum absolute atomic E-state index is 12.3. The molecule has 3 heterocycles. The molecule has 0 aromatic carbocycles. The van der Waals surface area contributed by atoms with Crippen molar-refractivity contribution in [3.63, 3.8) is 0 Å². The van der Waals surface area contributed by atoms with E-state index in [1.165, 1.54) is 0 Å². The standard InChI is InChI=1S/C14H16N6O/c1-3-10(13-16-8-9(2)17-13)18-14(21)11-7-12-15-5-4-6-20(12)19-11/h4-8,10H,3H2,1-2H3,(H,16,17)(H,18,21)/t10-/m0/s1. The van der Waals surface area contributed by atoms with Crippen molar-refractivity contribution in [2.75, 3.05) is 0 Å². The fourth-order valence-corrected chi connectivity index (χ4v) is 2.15. The molecular weight excluding hydrogens is 268 g/mol. The third-order valence-corrected chi connectivity index (χ3v) is 3.23. The summed E-state index contributed by atoms with van der Waals surface area (Å²) < 4.78 is 1.58. The van der Waals surface area contributed by atoms with Gasteiger partial charge in [0.25, 0.3) is 5.91 Å². The largest absolute Gasteiger partial charge is 0.344 e. The lowest BCUT2D eigenvalue weighted by Crippen LogP contribution is -2.29. The molecule has 3 aromatic rings. The fraction of sp³-hybridized carbons (Fsp3) is 0.286. The fourth-order valence-electron chi connectivity index (χ4n) is 2.15. The first-order valence-electron chi connectivity index (χ1n) is 6.80. The van der Waals surface area contributed by atoms with Crippen LogP contribution in [0, 0.1) is 6.92 Å². The van der Waals surface area contributed by atoms with Crippen molar-refractivity contribution in [3.8, 4) is 0 Å². The van der Waals surface area contributed by atoms with Gasteiger partial charge in [0.15, 0.2) is 11.3 Å². The van der Waals surface area contributed by atoms with Crippen molar-refractivity contribution in [1.82, 2.24) is 29.9 Å². The van der Waals surface area contributed by atoms with E-state index in [1.54, 1.807) is 35.2 Å². The molecule has 3 rings (SSSR count). The number of hydrogen-bond acceptors (Lipinski definition) is 4. The number of carbonyl (C=O) groups excluding carboxylic acids is 1. The van der Waals surface area contributed by atoms with E-state index in [9.17, 15) is 4.79 Å². The van der Waals surface area contributed by atoms with Gasteiger partial charge in [-0.25, -0.2) is 14.5 Å². The number of rotatable bonds is 4. The van der Waals surface area contributed by atoms with Gasteiger partial charge in [0.05, 0.1) is 6.04 Å². The summed E-state index contributed by atoms with van der Waals surface area (Å²) in [6.45, 7) is 3.92. The first-order valence-corrected chi connectivity index (χ1v) is 6.80. The Morgan fingerprint density at radius 1 is 1.48 bits per heavy atom. The molecule has 3 aromatic heterocycles. The van der Waals surface area contributed by atoms with Gasteiger partial charge in [-0.3, -0.25) is 4.79 Å². The maximum Gasteiger partial charge on any atom is 0.272 e. The Morgan fingerprint density at radius 2 is 2.33 bits per heavy atom. The molecule has 2 N–H and O–H groups in total. The van der Waals surface area contributed by atoms with Crippen LogP contribution in [0.15, 0.2) is 30.7 Å². The van der Waals surface area contributed by atoms with E-state index < -0.39 is 0 Å². The van der Waals surface area contributed by atoms with Gasteiger partial charge in [-0.15, -0.1) is 0 Å². The Balaban J connectivity index is 1.81. The summed E-state index contributed by atoms with van der Waals surface area (Å²) in [6.07, 6.45) is 5.91. The second kappa shape index (κ2) is 5.35. The summed E-state index contributed by atoms with van der Waals surface area (Å²) in [5, 5.41) is 7.15. The summed E-state index contributed by atoms with van der Waals surface area (Å²) in [5.41, 5.74) is 1.95. The first-order chi connectivity index (χ1) is 10.2. The Morgan fingerprint density at radius 3 is 3.00 bits per heavy atom. The molecule has 7 nitrogen and oxygen atoms in total. The van der Waals surface area contributed by atoms with Gasteiger partial charge in [0.1, 0.15) is 5.82 Å². The van der Waals surface area contributed by atoms with E-state index in [-0.39, 0.29) is 11.9 Å². The number of aromatic amines is 1. The highest BCUT2D eigenvalue weighted by molar-refractivity contribution is 5.93. The van der Waals surface area contributed by atoms with Crippen molar-refractivity contribution in [2.45, 2.75) is 26.3 Å². The van der Waals surface area contributed by atoms with E-state index in [4.69, 9.17) is 0 Å². The average molecular weight is 284 g/mol. The van der Waals surface area contributed by atoms with Crippen LogP contribution in [0.5, 0.6) is 0 Å². The second-order valence-electron chi connectivity index (χ2n) is 4.84. The van der Waals surface area contributed by atoms with Crippen molar-refractivity contribution >= 4 is 11.6 Å². The van der Waals surface area contributed by atoms with Crippen molar-refractivity contribution in [1.29, 1.82) is 0 Å². The highest BCUT2D eigenvalue weighted by Gasteiger charge is 2.18. The number of amides is 1. The van der Waals surface area contributed by atoms with Gasteiger partial charge in [-0.05, 0) is 19.4 Å². The summed E-state index contributed by atoms with van der Waals surface area (Å²) in [5.74, 6) is 0.520. The van der Waals surface area contributed by atoms with Crippen molar-refractivity contribution in [2.24, 2.45) is 0 Å². The number of imidazole rings is 1. The number of aryl methyl sites for hydroxylation is 1. The number of fused-ring (bicyclic) bond motifs is 1. The molecule has 108 valence electrons. The summed E-state index contributed by atoms with van der Waals surface area (Å²) in [7, 11) is 0. The van der Waals surface area contributed by atoms with Gasteiger partial charge in [-0.1, -0.05) is 6.92 Å². The Bertz CT molecular complexity index is 741. The quantitative estimate of drug-likeness (QED) is 0.762. The van der Waals surface area contributed by atoms with Crippen LogP contribution in [-0.4, -0.2) is 30.5 Å². The van der Waals surface area contributed by atoms with Crippen LogP contribution >= 0.6 is 0 Å². The van der Waals surface area contributed by atoms with Crippen LogP contribution in [0.3, 0.4) is 0 Å². The first kappa shape index (κ1) is 13.3. The van der Waals surface area contributed by atoms with E-state index >= 15 is 0 Å². The smallest absolute Gasteiger partial charge is 0.272 e. The molecule has 0 aliphatic heterocycles. The Labute approximate surface area is 121 Å². The molecular formula is C14H16N6O. The molecule has 0 aliphatic rings. The lowest BCUT2D eigenvalue weighted by molar-refractivity contribution is 0.0928. The van der Waals surface area contributed by atoms with E-state index in [2.05, 4.69) is 25.4 Å². The molecule has 0 aliphatic carbocycles. The normalized spacial score (nSPS) is 12.5. The number of H-pyrrole nitrogens is 1. The van der Waals surface area contributed by atoms with Gasteiger partial charge in [0.2, 0.25) is 0 Å². The summed E-state index contributed by atoms with van der Waals surface area (Å²) in [6, 6.07) is 3.27. The molecule has 1 amide bonds. The maximum atomic E-state index is 12.3. The molecule has 0 saturated heterocycles. The molecule has 0 unspecified atom stereocenters. The molecule has 0 fully saturated rings. The molecule has 0 radical (unpaired) electrons. The lowest BCUT2D eigenvalue weighted by Gasteiger charge is -2.13. The minimum Gasteiger partial charge on any atom is -0.344 e. The van der Waals surface area contributed by atoms with Crippen LogP contribution < -0.4 is 5.32 Å².